The predicted molar refractivity (Wildman–Crippen MR) is 125 cm³/mol. The number of hydrogen-bond donors (Lipinski definition) is 3. The first kappa shape index (κ1) is 21.2. The predicted octanol–water partition coefficient (Wildman–Crippen LogP) is 2.15. The van der Waals surface area contributed by atoms with Crippen LogP contribution >= 0.6 is 0 Å². The molecule has 4 N–H and O–H groups in total. The molecule has 5 unspecified atom stereocenters. The van der Waals surface area contributed by atoms with Gasteiger partial charge in [0.1, 0.15) is 0 Å². The van der Waals surface area contributed by atoms with Crippen molar-refractivity contribution in [3.8, 4) is 0 Å². The molecule has 1 aromatic rings. The first-order valence-electron chi connectivity index (χ1n) is 11.3. The Labute approximate surface area is 188 Å². The molecule has 3 aliphatic heterocycles. The summed E-state index contributed by atoms with van der Waals surface area (Å²) < 4.78 is 12.3. The number of hydrogen-bond acceptors (Lipinski definition) is 6. The van der Waals surface area contributed by atoms with E-state index in [4.69, 9.17) is 15.2 Å². The van der Waals surface area contributed by atoms with Gasteiger partial charge in [-0.15, -0.1) is 0 Å². The van der Waals surface area contributed by atoms with Crippen LogP contribution in [0.4, 0.5) is 5.69 Å². The smallest absolute Gasteiger partial charge is 0.234 e. The van der Waals surface area contributed by atoms with Crippen LogP contribution in [0.2, 0.25) is 0 Å². The zero-order valence-electron chi connectivity index (χ0n) is 18.1. The number of nitrogens with zero attached hydrogens (tertiary/aromatic N) is 1. The van der Waals surface area contributed by atoms with Crippen molar-refractivity contribution < 1.29 is 14.3 Å². The highest BCUT2D eigenvalue weighted by molar-refractivity contribution is 5.80. The van der Waals surface area contributed by atoms with Crippen molar-refractivity contribution in [3.63, 3.8) is 0 Å². The Hall–Kier alpha value is -2.71. The van der Waals surface area contributed by atoms with Gasteiger partial charge in [0.25, 0.3) is 0 Å². The number of allylic oxidation sites excluding steroid dienone is 4. The zero-order chi connectivity index (χ0) is 21.9. The third kappa shape index (κ3) is 4.86. The van der Waals surface area contributed by atoms with Crippen molar-refractivity contribution in [2.75, 3.05) is 31.7 Å². The molecular formula is C25H30N4O3. The van der Waals surface area contributed by atoms with Gasteiger partial charge in [-0.1, -0.05) is 48.6 Å². The Morgan fingerprint density at radius 1 is 1.19 bits per heavy atom. The van der Waals surface area contributed by atoms with Gasteiger partial charge < -0.3 is 20.5 Å². The number of ether oxygens (including phenoxy) is 2. The maximum atomic E-state index is 12.1. The van der Waals surface area contributed by atoms with Crippen LogP contribution in [-0.2, 0) is 14.3 Å². The van der Waals surface area contributed by atoms with Crippen LogP contribution in [0.15, 0.2) is 65.8 Å². The Kier molecular flexibility index (Phi) is 6.23. The third-order valence-electron chi connectivity index (χ3n) is 6.35. The van der Waals surface area contributed by atoms with Crippen LogP contribution in [0.3, 0.4) is 0 Å². The number of fused-ring (bicyclic) bond motifs is 5. The molecule has 1 saturated carbocycles. The lowest BCUT2D eigenvalue weighted by Crippen LogP contribution is -2.43. The lowest BCUT2D eigenvalue weighted by molar-refractivity contribution is -0.122. The molecular weight excluding hydrogens is 404 g/mol. The minimum absolute atomic E-state index is 0.0882. The Balaban J connectivity index is 1.39. The van der Waals surface area contributed by atoms with E-state index in [9.17, 15) is 4.79 Å². The number of anilines is 1. The summed E-state index contributed by atoms with van der Waals surface area (Å²) in [5, 5.41) is 6.83. The highest BCUT2D eigenvalue weighted by Gasteiger charge is 2.38. The third-order valence-corrected chi connectivity index (χ3v) is 6.35. The number of carbonyl (C=O) groups excluding carboxylic acids is 1. The molecule has 7 heteroatoms. The maximum absolute atomic E-state index is 12.1. The minimum atomic E-state index is -0.315. The normalized spacial score (nSPS) is 32.2. The van der Waals surface area contributed by atoms with E-state index in [0.29, 0.717) is 19.7 Å². The molecule has 1 saturated heterocycles. The molecule has 0 aromatic heterocycles. The van der Waals surface area contributed by atoms with Gasteiger partial charge in [-0.25, -0.2) is 0 Å². The topological polar surface area (TPSA) is 88.9 Å². The molecule has 1 amide bonds. The monoisotopic (exact) mass is 434 g/mol. The summed E-state index contributed by atoms with van der Waals surface area (Å²) in [4.78, 5) is 14.2. The van der Waals surface area contributed by atoms with Gasteiger partial charge >= 0.3 is 0 Å². The molecule has 7 nitrogen and oxygen atoms in total. The van der Waals surface area contributed by atoms with E-state index >= 15 is 0 Å². The highest BCUT2D eigenvalue weighted by atomic mass is 16.5. The second-order valence-corrected chi connectivity index (χ2v) is 8.65. The SMILES string of the molecule is NC(=O)C1CC2CN1CCNCOC1CC1=CC=CC=CC1=Cc3ccccc3NC1O2. The number of rotatable bonds is 1. The Bertz CT molecular complexity index is 983. The molecule has 4 aliphatic rings. The molecule has 32 heavy (non-hydrogen) atoms. The van der Waals surface area contributed by atoms with Crippen LogP contribution < -0.4 is 16.4 Å². The number of benzene rings is 1. The average Bonchev–Trinajstić information content (AvgIpc) is 3.40. The lowest BCUT2D eigenvalue weighted by Gasteiger charge is -2.29. The zero-order valence-corrected chi connectivity index (χ0v) is 18.1. The van der Waals surface area contributed by atoms with Crippen LogP contribution in [0.5, 0.6) is 0 Å². The quantitative estimate of drug-likeness (QED) is 0.628. The molecule has 2 bridgehead atoms. The van der Waals surface area contributed by atoms with E-state index in [-0.39, 0.29) is 30.4 Å². The van der Waals surface area contributed by atoms with Gasteiger partial charge in [0.2, 0.25) is 5.91 Å². The van der Waals surface area contributed by atoms with E-state index < -0.39 is 0 Å². The fourth-order valence-corrected chi connectivity index (χ4v) is 4.54. The standard InChI is InChI=1S/C25H30N4O3/c26-24(30)22-14-20-15-29(22)11-10-27-16-31-23-13-18(23)7-2-1-3-8-19-12-17-6-4-5-9-21(17)28-25(19)32-20/h1-9,12,20,22-23,25,27-28H,10-11,13-16H2,(H2,26,30). The van der Waals surface area contributed by atoms with Crippen molar-refractivity contribution in [2.45, 2.75) is 37.3 Å². The fraction of sp³-hybridized carbons (Fsp3) is 0.400. The minimum Gasteiger partial charge on any atom is -0.368 e. The van der Waals surface area contributed by atoms with E-state index in [1.165, 1.54) is 5.57 Å². The van der Waals surface area contributed by atoms with E-state index in [1.54, 1.807) is 0 Å². The van der Waals surface area contributed by atoms with Crippen LogP contribution in [0.1, 0.15) is 18.4 Å². The highest BCUT2D eigenvalue weighted by Crippen LogP contribution is 2.33. The molecule has 2 fully saturated rings. The summed E-state index contributed by atoms with van der Waals surface area (Å²) in [5.74, 6) is -0.297. The number of amides is 1. The van der Waals surface area contributed by atoms with E-state index in [1.807, 2.05) is 24.3 Å². The number of para-hydroxylation sites is 1. The van der Waals surface area contributed by atoms with E-state index in [0.717, 1.165) is 36.3 Å². The fourth-order valence-electron chi connectivity index (χ4n) is 4.54. The number of carbonyl (C=O) groups is 1. The summed E-state index contributed by atoms with van der Waals surface area (Å²) in [6.07, 6.45) is 13.9. The second-order valence-electron chi connectivity index (χ2n) is 8.65. The van der Waals surface area contributed by atoms with Crippen molar-refractivity contribution in [2.24, 2.45) is 5.73 Å². The molecule has 0 radical (unpaired) electrons. The molecule has 1 aliphatic carbocycles. The molecule has 5 atom stereocenters. The van der Waals surface area contributed by atoms with Crippen molar-refractivity contribution >= 4 is 17.7 Å². The number of primary amides is 1. The van der Waals surface area contributed by atoms with Gasteiger partial charge in [0, 0.05) is 37.3 Å². The van der Waals surface area contributed by atoms with Gasteiger partial charge in [-0.2, -0.15) is 0 Å². The molecule has 168 valence electrons. The Morgan fingerprint density at radius 2 is 2.09 bits per heavy atom. The Morgan fingerprint density at radius 3 is 3.00 bits per heavy atom. The average molecular weight is 435 g/mol. The summed E-state index contributed by atoms with van der Waals surface area (Å²) in [5.41, 5.74) is 10.2. The van der Waals surface area contributed by atoms with Gasteiger partial charge in [-0.05, 0) is 29.7 Å². The first-order chi connectivity index (χ1) is 15.7. The van der Waals surface area contributed by atoms with E-state index in [2.05, 4.69) is 52.0 Å². The van der Waals surface area contributed by atoms with Crippen molar-refractivity contribution in [3.05, 3.63) is 71.4 Å². The van der Waals surface area contributed by atoms with Crippen LogP contribution in [-0.4, -0.2) is 61.6 Å². The summed E-state index contributed by atoms with van der Waals surface area (Å²) >= 11 is 0. The number of nitrogens with one attached hydrogen (secondary N) is 2. The summed E-state index contributed by atoms with van der Waals surface area (Å²) in [6, 6.07) is 7.88. The molecule has 0 spiro atoms. The summed E-state index contributed by atoms with van der Waals surface area (Å²) in [6.45, 7) is 2.62. The molecule has 5 rings (SSSR count). The van der Waals surface area contributed by atoms with Gasteiger partial charge in [0.15, 0.2) is 6.23 Å². The summed E-state index contributed by atoms with van der Waals surface area (Å²) in [7, 11) is 0. The lowest BCUT2D eigenvalue weighted by atomic mass is 10.0. The van der Waals surface area contributed by atoms with Gasteiger partial charge in [0.05, 0.1) is 25.0 Å². The first-order valence-corrected chi connectivity index (χ1v) is 11.3. The largest absolute Gasteiger partial charge is 0.368 e. The van der Waals surface area contributed by atoms with Gasteiger partial charge in [-0.3, -0.25) is 15.0 Å². The maximum Gasteiger partial charge on any atom is 0.234 e. The second kappa shape index (κ2) is 9.42. The van der Waals surface area contributed by atoms with Crippen molar-refractivity contribution in [1.82, 2.24) is 10.2 Å². The van der Waals surface area contributed by atoms with Crippen LogP contribution in [0, 0.1) is 0 Å². The number of nitrogens with two attached hydrogens (primary N) is 1. The molecule has 3 heterocycles. The van der Waals surface area contributed by atoms with Crippen LogP contribution in [0.25, 0.3) is 6.08 Å². The molecule has 1 aromatic carbocycles. The van der Waals surface area contributed by atoms with Crippen molar-refractivity contribution in [1.29, 1.82) is 0 Å².